The van der Waals surface area contributed by atoms with Gasteiger partial charge in [-0.15, -0.1) is 0 Å². The van der Waals surface area contributed by atoms with Crippen molar-refractivity contribution in [3.63, 3.8) is 0 Å². The van der Waals surface area contributed by atoms with Gasteiger partial charge in [0.1, 0.15) is 12.1 Å². The number of anilines is 1. The Morgan fingerprint density at radius 1 is 1.33 bits per heavy atom. The van der Waals surface area contributed by atoms with Crippen LogP contribution in [0.1, 0.15) is 12.5 Å². The maximum absolute atomic E-state index is 11.2. The molecular formula is C14H14N4O3. The van der Waals surface area contributed by atoms with Crippen molar-refractivity contribution in [1.82, 2.24) is 9.97 Å². The van der Waals surface area contributed by atoms with Crippen LogP contribution in [0.15, 0.2) is 36.7 Å². The molecule has 0 fully saturated rings. The second kappa shape index (κ2) is 6.47. The molecule has 0 amide bonds. The van der Waals surface area contributed by atoms with Gasteiger partial charge in [-0.25, -0.2) is 4.98 Å². The monoisotopic (exact) mass is 286 g/mol. The van der Waals surface area contributed by atoms with E-state index in [-0.39, 0.29) is 17.4 Å². The molecule has 0 atom stereocenters. The van der Waals surface area contributed by atoms with Gasteiger partial charge >= 0.3 is 11.6 Å². The van der Waals surface area contributed by atoms with Gasteiger partial charge in [-0.2, -0.15) is 4.98 Å². The maximum atomic E-state index is 11.2. The molecule has 0 saturated carbocycles. The molecular weight excluding hydrogens is 272 g/mol. The van der Waals surface area contributed by atoms with Crippen molar-refractivity contribution < 1.29 is 9.66 Å². The highest BCUT2D eigenvalue weighted by atomic mass is 16.6. The zero-order valence-corrected chi connectivity index (χ0v) is 11.6. The minimum absolute atomic E-state index is 0.101. The molecule has 0 aliphatic carbocycles. The standard InChI is InChI=1S/C14H14N4O3/c1-3-6-10-7-4-5-8-11(10)21-14-12(18(19)20)13(15-2)16-9-17-14/h3-9H,1-2H3,(H,15,16,17)/b6-3+. The molecule has 2 rings (SSSR count). The quantitative estimate of drug-likeness (QED) is 0.670. The zero-order chi connectivity index (χ0) is 15.2. The van der Waals surface area contributed by atoms with Crippen molar-refractivity contribution in [2.24, 2.45) is 0 Å². The molecule has 7 heteroatoms. The maximum Gasteiger partial charge on any atom is 0.373 e. The summed E-state index contributed by atoms with van der Waals surface area (Å²) in [5.41, 5.74) is 0.509. The van der Waals surface area contributed by atoms with Gasteiger partial charge in [0.25, 0.3) is 0 Å². The average molecular weight is 286 g/mol. The second-order valence-corrected chi connectivity index (χ2v) is 4.02. The Balaban J connectivity index is 2.47. The van der Waals surface area contributed by atoms with Crippen molar-refractivity contribution in [2.45, 2.75) is 6.92 Å². The molecule has 2 aromatic rings. The first kappa shape index (κ1) is 14.4. The number of aromatic nitrogens is 2. The van der Waals surface area contributed by atoms with Crippen LogP contribution in [-0.4, -0.2) is 21.9 Å². The molecule has 1 aromatic heterocycles. The lowest BCUT2D eigenvalue weighted by Crippen LogP contribution is -2.03. The molecule has 0 bridgehead atoms. The van der Waals surface area contributed by atoms with Crippen molar-refractivity contribution in [3.05, 3.63) is 52.3 Å². The van der Waals surface area contributed by atoms with Crippen LogP contribution in [0.5, 0.6) is 11.6 Å². The Bertz CT molecular complexity index is 686. The lowest BCUT2D eigenvalue weighted by Gasteiger charge is -2.09. The van der Waals surface area contributed by atoms with Crippen molar-refractivity contribution in [2.75, 3.05) is 12.4 Å². The van der Waals surface area contributed by atoms with E-state index >= 15 is 0 Å². The number of allylic oxidation sites excluding steroid dienone is 1. The fourth-order valence-corrected chi connectivity index (χ4v) is 1.78. The van der Waals surface area contributed by atoms with E-state index in [2.05, 4.69) is 15.3 Å². The van der Waals surface area contributed by atoms with Crippen molar-refractivity contribution >= 4 is 17.6 Å². The summed E-state index contributed by atoms with van der Waals surface area (Å²) >= 11 is 0. The number of hydrogen-bond acceptors (Lipinski definition) is 6. The highest BCUT2D eigenvalue weighted by Crippen LogP contribution is 2.35. The van der Waals surface area contributed by atoms with E-state index < -0.39 is 4.92 Å². The first-order valence-corrected chi connectivity index (χ1v) is 6.24. The van der Waals surface area contributed by atoms with Crippen LogP contribution in [-0.2, 0) is 0 Å². The number of para-hydroxylation sites is 1. The largest absolute Gasteiger partial charge is 0.433 e. The summed E-state index contributed by atoms with van der Waals surface area (Å²) in [4.78, 5) is 18.3. The minimum Gasteiger partial charge on any atom is -0.433 e. The van der Waals surface area contributed by atoms with E-state index in [1.165, 1.54) is 6.33 Å². The molecule has 7 nitrogen and oxygen atoms in total. The molecule has 0 spiro atoms. The summed E-state index contributed by atoms with van der Waals surface area (Å²) in [6.45, 7) is 1.88. The summed E-state index contributed by atoms with van der Waals surface area (Å²) in [6.07, 6.45) is 4.92. The minimum atomic E-state index is -0.570. The van der Waals surface area contributed by atoms with E-state index in [9.17, 15) is 10.1 Å². The molecule has 108 valence electrons. The summed E-state index contributed by atoms with van der Waals surface area (Å²) in [7, 11) is 1.55. The van der Waals surface area contributed by atoms with Gasteiger partial charge in [0.05, 0.1) is 4.92 Å². The molecule has 0 unspecified atom stereocenters. The summed E-state index contributed by atoms with van der Waals surface area (Å²) in [5, 5.41) is 13.8. The van der Waals surface area contributed by atoms with Gasteiger partial charge in [-0.3, -0.25) is 10.1 Å². The van der Waals surface area contributed by atoms with Gasteiger partial charge in [0.2, 0.25) is 5.82 Å². The smallest absolute Gasteiger partial charge is 0.373 e. The Labute approximate surface area is 121 Å². The summed E-state index contributed by atoms with van der Waals surface area (Å²) < 4.78 is 5.61. The predicted molar refractivity (Wildman–Crippen MR) is 79.5 cm³/mol. The number of nitrogens with one attached hydrogen (secondary N) is 1. The summed E-state index contributed by atoms with van der Waals surface area (Å²) in [6, 6.07) is 7.21. The van der Waals surface area contributed by atoms with E-state index in [1.807, 2.05) is 31.2 Å². The fraction of sp³-hybridized carbons (Fsp3) is 0.143. The highest BCUT2D eigenvalue weighted by molar-refractivity contribution is 5.63. The molecule has 0 aliphatic rings. The predicted octanol–water partition coefficient (Wildman–Crippen LogP) is 3.25. The lowest BCUT2D eigenvalue weighted by molar-refractivity contribution is -0.385. The van der Waals surface area contributed by atoms with Crippen LogP contribution in [0.3, 0.4) is 0 Å². The van der Waals surface area contributed by atoms with Crippen LogP contribution in [0.2, 0.25) is 0 Å². The number of ether oxygens (including phenoxy) is 1. The third-order valence-corrected chi connectivity index (χ3v) is 2.68. The molecule has 0 saturated heterocycles. The second-order valence-electron chi connectivity index (χ2n) is 4.02. The van der Waals surface area contributed by atoms with Crippen LogP contribution in [0.25, 0.3) is 6.08 Å². The molecule has 0 aliphatic heterocycles. The van der Waals surface area contributed by atoms with Crippen LogP contribution < -0.4 is 10.1 Å². The number of benzene rings is 1. The third kappa shape index (κ3) is 3.14. The number of nitrogens with zero attached hydrogens (tertiary/aromatic N) is 3. The summed E-state index contributed by atoms with van der Waals surface area (Å²) in [5.74, 6) is 0.490. The number of rotatable bonds is 5. The zero-order valence-electron chi connectivity index (χ0n) is 11.6. The molecule has 0 radical (unpaired) electrons. The molecule has 21 heavy (non-hydrogen) atoms. The van der Waals surface area contributed by atoms with Crippen molar-refractivity contribution in [3.8, 4) is 11.6 Å². The lowest BCUT2D eigenvalue weighted by atomic mass is 10.2. The molecule has 1 aromatic carbocycles. The van der Waals surface area contributed by atoms with Crippen LogP contribution >= 0.6 is 0 Å². The van der Waals surface area contributed by atoms with Gasteiger partial charge in [-0.05, 0) is 13.0 Å². The third-order valence-electron chi connectivity index (χ3n) is 2.68. The van der Waals surface area contributed by atoms with Gasteiger partial charge < -0.3 is 10.1 Å². The normalized spacial score (nSPS) is 10.6. The van der Waals surface area contributed by atoms with Crippen LogP contribution in [0.4, 0.5) is 11.5 Å². The molecule has 1 N–H and O–H groups in total. The number of nitro groups is 1. The van der Waals surface area contributed by atoms with E-state index in [0.717, 1.165) is 5.56 Å². The van der Waals surface area contributed by atoms with E-state index in [1.54, 1.807) is 19.2 Å². The Morgan fingerprint density at radius 2 is 2.10 bits per heavy atom. The van der Waals surface area contributed by atoms with Crippen LogP contribution in [0, 0.1) is 10.1 Å². The Hall–Kier alpha value is -2.96. The SMILES string of the molecule is C/C=C/c1ccccc1Oc1ncnc(NC)c1[N+](=O)[O-]. The number of hydrogen-bond donors (Lipinski definition) is 1. The van der Waals surface area contributed by atoms with Gasteiger partial charge in [0.15, 0.2) is 0 Å². The van der Waals surface area contributed by atoms with E-state index in [0.29, 0.717) is 5.75 Å². The Morgan fingerprint density at radius 3 is 2.76 bits per heavy atom. The average Bonchev–Trinajstić information content (AvgIpc) is 2.49. The van der Waals surface area contributed by atoms with E-state index in [4.69, 9.17) is 4.74 Å². The topological polar surface area (TPSA) is 90.2 Å². The first-order valence-electron chi connectivity index (χ1n) is 6.24. The fourth-order valence-electron chi connectivity index (χ4n) is 1.78. The first-order chi connectivity index (χ1) is 10.2. The molecule has 1 heterocycles. The Kier molecular flexibility index (Phi) is 4.45. The van der Waals surface area contributed by atoms with Gasteiger partial charge in [-0.1, -0.05) is 30.4 Å². The van der Waals surface area contributed by atoms with Crippen molar-refractivity contribution in [1.29, 1.82) is 0 Å². The van der Waals surface area contributed by atoms with Gasteiger partial charge in [0, 0.05) is 12.6 Å². The highest BCUT2D eigenvalue weighted by Gasteiger charge is 2.24.